The van der Waals surface area contributed by atoms with E-state index < -0.39 is 5.97 Å². The van der Waals surface area contributed by atoms with Gasteiger partial charge in [-0.05, 0) is 55.5 Å². The minimum absolute atomic E-state index is 0.130. The van der Waals surface area contributed by atoms with Crippen molar-refractivity contribution in [3.63, 3.8) is 0 Å². The number of carbonyl (C=O) groups is 3. The largest absolute Gasteiger partial charge is 0.465 e. The van der Waals surface area contributed by atoms with Crippen molar-refractivity contribution in [2.24, 2.45) is 0 Å². The quantitative estimate of drug-likeness (QED) is 0.414. The van der Waals surface area contributed by atoms with Gasteiger partial charge in [0.1, 0.15) is 0 Å². The number of para-hydroxylation sites is 1. The number of amides is 2. The van der Waals surface area contributed by atoms with E-state index in [-0.39, 0.29) is 23.1 Å². The van der Waals surface area contributed by atoms with E-state index in [1.807, 2.05) is 31.2 Å². The second kappa shape index (κ2) is 10.4. The number of nitrogens with one attached hydrogen (secondary N) is 2. The number of anilines is 2. The van der Waals surface area contributed by atoms with Crippen molar-refractivity contribution < 1.29 is 19.1 Å². The predicted octanol–water partition coefficient (Wildman–Crippen LogP) is 4.76. The third-order valence-electron chi connectivity index (χ3n) is 4.40. The van der Waals surface area contributed by atoms with Gasteiger partial charge in [-0.25, -0.2) is 4.79 Å². The van der Waals surface area contributed by atoms with Gasteiger partial charge in [-0.1, -0.05) is 29.8 Å². The number of hydrogen-bond acceptors (Lipinski definition) is 5. The monoisotopic (exact) mass is 434 g/mol. The summed E-state index contributed by atoms with van der Waals surface area (Å²) in [4.78, 5) is 37.6. The van der Waals surface area contributed by atoms with Crippen LogP contribution in [-0.2, 0) is 9.53 Å². The summed E-state index contributed by atoms with van der Waals surface area (Å²) in [6.07, 6.45) is 0. The van der Waals surface area contributed by atoms with E-state index in [0.29, 0.717) is 16.9 Å². The molecule has 3 rings (SSSR count). The molecule has 0 heterocycles. The topological polar surface area (TPSA) is 84.5 Å². The van der Waals surface area contributed by atoms with Crippen LogP contribution < -0.4 is 10.6 Å². The van der Waals surface area contributed by atoms with Gasteiger partial charge in [0, 0.05) is 16.1 Å². The number of methoxy groups -OCH3 is 1. The van der Waals surface area contributed by atoms with E-state index in [9.17, 15) is 14.4 Å². The summed E-state index contributed by atoms with van der Waals surface area (Å²) in [5.74, 6) is -0.744. The number of esters is 1. The second-order valence-corrected chi connectivity index (χ2v) is 7.77. The average molecular weight is 435 g/mol. The Balaban J connectivity index is 1.57. The van der Waals surface area contributed by atoms with Crippen LogP contribution in [0.5, 0.6) is 0 Å². The molecular formula is C24H22N2O4S. The highest BCUT2D eigenvalue weighted by Crippen LogP contribution is 2.20. The Morgan fingerprint density at radius 3 is 2.23 bits per heavy atom. The summed E-state index contributed by atoms with van der Waals surface area (Å²) < 4.78 is 4.74. The number of aryl methyl sites for hydroxylation is 1. The van der Waals surface area contributed by atoms with Crippen LogP contribution in [0, 0.1) is 6.92 Å². The Hall–Kier alpha value is -3.58. The molecule has 6 nitrogen and oxygen atoms in total. The van der Waals surface area contributed by atoms with Crippen LogP contribution >= 0.6 is 11.8 Å². The highest BCUT2D eigenvalue weighted by atomic mass is 32.2. The Morgan fingerprint density at radius 2 is 1.55 bits per heavy atom. The fourth-order valence-electron chi connectivity index (χ4n) is 2.76. The van der Waals surface area contributed by atoms with Crippen molar-refractivity contribution in [2.45, 2.75) is 11.8 Å². The van der Waals surface area contributed by atoms with E-state index in [1.54, 1.807) is 48.5 Å². The molecule has 0 saturated carbocycles. The van der Waals surface area contributed by atoms with Gasteiger partial charge >= 0.3 is 5.97 Å². The lowest BCUT2D eigenvalue weighted by Gasteiger charge is -2.10. The molecule has 31 heavy (non-hydrogen) atoms. The highest BCUT2D eigenvalue weighted by molar-refractivity contribution is 8.00. The lowest BCUT2D eigenvalue weighted by atomic mass is 10.1. The summed E-state index contributed by atoms with van der Waals surface area (Å²) in [6.45, 7) is 2.02. The zero-order valence-corrected chi connectivity index (χ0v) is 18.0. The van der Waals surface area contributed by atoms with Gasteiger partial charge in [0.25, 0.3) is 5.91 Å². The first-order valence-corrected chi connectivity index (χ1v) is 10.5. The summed E-state index contributed by atoms with van der Waals surface area (Å²) in [7, 11) is 1.28. The van der Waals surface area contributed by atoms with Gasteiger partial charge in [0.05, 0.1) is 24.1 Å². The summed E-state index contributed by atoms with van der Waals surface area (Å²) >= 11 is 1.46. The molecular weight excluding hydrogens is 412 g/mol. The maximum absolute atomic E-state index is 12.5. The molecule has 0 aliphatic heterocycles. The lowest BCUT2D eigenvalue weighted by molar-refractivity contribution is -0.113. The Kier molecular flexibility index (Phi) is 7.45. The highest BCUT2D eigenvalue weighted by Gasteiger charge is 2.14. The molecule has 3 aromatic carbocycles. The van der Waals surface area contributed by atoms with E-state index in [1.165, 1.54) is 24.4 Å². The number of thioether (sulfide) groups is 1. The molecule has 0 aliphatic rings. The molecule has 0 saturated heterocycles. The summed E-state index contributed by atoms with van der Waals surface area (Å²) in [5, 5.41) is 5.53. The van der Waals surface area contributed by atoms with Crippen LogP contribution in [0.4, 0.5) is 11.4 Å². The first-order valence-electron chi connectivity index (χ1n) is 9.54. The van der Waals surface area contributed by atoms with Crippen molar-refractivity contribution in [1.82, 2.24) is 0 Å². The smallest absolute Gasteiger partial charge is 0.339 e. The molecule has 0 bridgehead atoms. The minimum Gasteiger partial charge on any atom is -0.465 e. The molecule has 0 atom stereocenters. The van der Waals surface area contributed by atoms with Gasteiger partial charge in [0.15, 0.2) is 0 Å². The fourth-order valence-corrected chi connectivity index (χ4v) is 3.46. The zero-order chi connectivity index (χ0) is 22.2. The molecule has 0 aliphatic carbocycles. The van der Waals surface area contributed by atoms with Crippen LogP contribution in [0.3, 0.4) is 0 Å². The van der Waals surface area contributed by atoms with Gasteiger partial charge < -0.3 is 15.4 Å². The predicted molar refractivity (Wildman–Crippen MR) is 123 cm³/mol. The van der Waals surface area contributed by atoms with Crippen LogP contribution in [0.1, 0.15) is 26.3 Å². The van der Waals surface area contributed by atoms with Gasteiger partial charge in [-0.2, -0.15) is 0 Å². The van der Waals surface area contributed by atoms with E-state index in [0.717, 1.165) is 4.90 Å². The van der Waals surface area contributed by atoms with Crippen molar-refractivity contribution in [3.8, 4) is 0 Å². The van der Waals surface area contributed by atoms with Crippen LogP contribution in [0.2, 0.25) is 0 Å². The van der Waals surface area contributed by atoms with Crippen molar-refractivity contribution >= 4 is 40.9 Å². The Bertz CT molecular complexity index is 1080. The molecule has 0 fully saturated rings. The molecule has 0 aromatic heterocycles. The van der Waals surface area contributed by atoms with Crippen LogP contribution in [0.25, 0.3) is 0 Å². The Labute approximate surface area is 185 Å². The molecule has 3 aromatic rings. The van der Waals surface area contributed by atoms with E-state index >= 15 is 0 Å². The molecule has 0 unspecified atom stereocenters. The molecule has 2 N–H and O–H groups in total. The summed E-state index contributed by atoms with van der Waals surface area (Å²) in [5.41, 5.74) is 2.80. The van der Waals surface area contributed by atoms with Crippen molar-refractivity contribution in [3.05, 3.63) is 89.5 Å². The number of ether oxygens (including phenoxy) is 1. The first-order chi connectivity index (χ1) is 15.0. The number of carbonyl (C=O) groups excluding carboxylic acids is 3. The molecule has 158 valence electrons. The number of rotatable bonds is 7. The van der Waals surface area contributed by atoms with Gasteiger partial charge in [-0.15, -0.1) is 11.8 Å². The first kappa shape index (κ1) is 22.1. The molecule has 0 spiro atoms. The maximum Gasteiger partial charge on any atom is 0.339 e. The van der Waals surface area contributed by atoms with Crippen molar-refractivity contribution in [1.29, 1.82) is 0 Å². The third-order valence-corrected chi connectivity index (χ3v) is 5.41. The summed E-state index contributed by atoms with van der Waals surface area (Å²) in [6, 6.07) is 21.1. The van der Waals surface area contributed by atoms with Crippen molar-refractivity contribution in [2.75, 3.05) is 23.5 Å². The lowest BCUT2D eigenvalue weighted by Crippen LogP contribution is -2.16. The molecule has 7 heteroatoms. The normalized spacial score (nSPS) is 10.3. The SMILES string of the molecule is COC(=O)c1ccccc1NC(=O)c1ccc(NC(=O)CSc2ccc(C)cc2)cc1. The van der Waals surface area contributed by atoms with Crippen LogP contribution in [-0.4, -0.2) is 30.6 Å². The number of benzene rings is 3. The standard InChI is InChI=1S/C24H22N2O4S/c1-16-7-13-19(14-8-16)31-15-22(27)25-18-11-9-17(10-12-18)23(28)26-21-6-4-3-5-20(21)24(29)30-2/h3-14H,15H2,1-2H3,(H,25,27)(H,26,28). The van der Waals surface area contributed by atoms with Gasteiger partial charge in [-0.3, -0.25) is 9.59 Å². The Morgan fingerprint density at radius 1 is 0.871 bits per heavy atom. The average Bonchev–Trinajstić information content (AvgIpc) is 2.79. The molecule has 2 amide bonds. The van der Waals surface area contributed by atoms with E-state index in [4.69, 9.17) is 4.74 Å². The zero-order valence-electron chi connectivity index (χ0n) is 17.2. The fraction of sp³-hybridized carbons (Fsp3) is 0.125. The maximum atomic E-state index is 12.5. The third kappa shape index (κ3) is 6.20. The second-order valence-electron chi connectivity index (χ2n) is 6.72. The minimum atomic E-state index is -0.530. The number of hydrogen-bond donors (Lipinski definition) is 2. The van der Waals surface area contributed by atoms with Gasteiger partial charge in [0.2, 0.25) is 5.91 Å². The molecule has 0 radical (unpaired) electrons. The van der Waals surface area contributed by atoms with Crippen LogP contribution in [0.15, 0.2) is 77.7 Å². The van der Waals surface area contributed by atoms with E-state index in [2.05, 4.69) is 10.6 Å².